The van der Waals surface area contributed by atoms with Gasteiger partial charge in [0.2, 0.25) is 5.78 Å². The second-order valence-corrected chi connectivity index (χ2v) is 12.5. The lowest BCUT2D eigenvalue weighted by Crippen LogP contribution is -2.65. The number of carbonyl (C=O) groups excluding carboxylic acids is 4. The zero-order chi connectivity index (χ0) is 31.0. The number of benzene rings is 1. The largest absolute Gasteiger partial charge is 0.508 e. The van der Waals surface area contributed by atoms with Gasteiger partial charge in [-0.1, -0.05) is 6.92 Å². The molecule has 1 saturated carbocycles. The van der Waals surface area contributed by atoms with Crippen LogP contribution in [0.5, 0.6) is 5.75 Å². The van der Waals surface area contributed by atoms with E-state index in [0.717, 1.165) is 12.8 Å². The molecule has 0 spiro atoms. The number of phenols is 1. The number of rotatable bonds is 4. The first-order valence-electron chi connectivity index (χ1n) is 14.1. The Morgan fingerprint density at radius 1 is 1.07 bits per heavy atom. The lowest BCUT2D eigenvalue weighted by Gasteiger charge is -2.50. The van der Waals surface area contributed by atoms with Gasteiger partial charge in [0.25, 0.3) is 11.8 Å². The summed E-state index contributed by atoms with van der Waals surface area (Å²) in [5.41, 5.74) is 2.51. The molecule has 5 rings (SSSR count). The minimum Gasteiger partial charge on any atom is -0.508 e. The van der Waals surface area contributed by atoms with Crippen LogP contribution in [0.25, 0.3) is 5.76 Å². The number of primary amides is 1. The summed E-state index contributed by atoms with van der Waals surface area (Å²) in [6.07, 6.45) is 1.78. The summed E-state index contributed by atoms with van der Waals surface area (Å²) in [6.45, 7) is 3.16. The lowest BCUT2D eigenvalue weighted by molar-refractivity contribution is -0.153. The minimum absolute atomic E-state index is 0.00790. The summed E-state index contributed by atoms with van der Waals surface area (Å²) >= 11 is 0. The Morgan fingerprint density at radius 2 is 1.69 bits per heavy atom. The van der Waals surface area contributed by atoms with Crippen molar-refractivity contribution < 1.29 is 39.6 Å². The molecule has 4 atom stereocenters. The number of ketones is 2. The van der Waals surface area contributed by atoms with E-state index in [9.17, 15) is 39.6 Å². The maximum Gasteiger partial charge on any atom is 0.257 e. The van der Waals surface area contributed by atoms with E-state index in [0.29, 0.717) is 30.3 Å². The second-order valence-electron chi connectivity index (χ2n) is 12.5. The number of fused-ring (bicyclic) bond motifs is 3. The number of amides is 2. The molecule has 42 heavy (non-hydrogen) atoms. The number of Topliss-reactive ketones (excluding diaryl/α,β-unsaturated/α-hetero) is 2. The molecule has 1 heterocycles. The molecule has 2 amide bonds. The molecule has 0 radical (unpaired) electrons. The van der Waals surface area contributed by atoms with E-state index >= 15 is 0 Å². The molecule has 0 bridgehead atoms. The molecule has 12 nitrogen and oxygen atoms in total. The molecule has 1 aromatic rings. The summed E-state index contributed by atoms with van der Waals surface area (Å²) in [5.74, 6) is -7.19. The quantitative estimate of drug-likeness (QED) is 0.320. The number of carbonyl (C=O) groups is 4. The van der Waals surface area contributed by atoms with Crippen LogP contribution in [-0.4, -0.2) is 107 Å². The van der Waals surface area contributed by atoms with Crippen LogP contribution in [0.1, 0.15) is 47.7 Å². The average Bonchev–Trinajstić information content (AvgIpc) is 2.90. The highest BCUT2D eigenvalue weighted by Crippen LogP contribution is 2.54. The van der Waals surface area contributed by atoms with Gasteiger partial charge >= 0.3 is 0 Å². The van der Waals surface area contributed by atoms with E-state index in [1.165, 1.54) is 4.90 Å². The number of aromatic hydroxyl groups is 1. The van der Waals surface area contributed by atoms with E-state index < -0.39 is 69.7 Å². The van der Waals surface area contributed by atoms with Gasteiger partial charge in [-0.3, -0.25) is 24.1 Å². The summed E-state index contributed by atoms with van der Waals surface area (Å²) in [5, 5.41) is 45.9. The van der Waals surface area contributed by atoms with Crippen molar-refractivity contribution in [2.24, 2.45) is 23.5 Å². The van der Waals surface area contributed by atoms with Crippen LogP contribution >= 0.6 is 0 Å². The fourth-order valence-electron chi connectivity index (χ4n) is 7.24. The smallest absolute Gasteiger partial charge is 0.257 e. The van der Waals surface area contributed by atoms with Crippen LogP contribution in [0.15, 0.2) is 23.0 Å². The van der Waals surface area contributed by atoms with Crippen LogP contribution in [-0.2, 0) is 20.8 Å². The van der Waals surface area contributed by atoms with E-state index in [2.05, 4.69) is 6.92 Å². The number of aliphatic hydroxyl groups is 3. The van der Waals surface area contributed by atoms with Crippen molar-refractivity contribution >= 4 is 34.8 Å². The maximum absolute atomic E-state index is 14.1. The molecule has 1 aliphatic heterocycles. The minimum atomic E-state index is -2.72. The van der Waals surface area contributed by atoms with E-state index in [1.807, 2.05) is 0 Å². The van der Waals surface area contributed by atoms with Gasteiger partial charge in [-0.15, -0.1) is 0 Å². The maximum atomic E-state index is 14.1. The van der Waals surface area contributed by atoms with E-state index in [4.69, 9.17) is 5.73 Å². The number of nitrogens with two attached hydrogens (primary N) is 1. The molecule has 1 saturated heterocycles. The molecule has 2 fully saturated rings. The first kappa shape index (κ1) is 29.6. The number of likely N-dealkylation sites (tertiary alicyclic amines) is 1. The number of aliphatic hydroxyl groups excluding tert-OH is 2. The van der Waals surface area contributed by atoms with Gasteiger partial charge in [0, 0.05) is 44.4 Å². The standard InChI is InChI=1S/C30H38N4O8/c1-13-6-8-34(9-7-13)29(41)16-12-18(32(2)3)15-10-14-11-17-22(33(4)5)25(37)21(28(31)40)27(39)30(17,42)26(38)19(14)24(36)20(15)23(16)35/h12-14,17,22,35-36,39,42H,6-11H2,1-5H3,(H2,31,40)/t14-,17-,22+,30-/m0/s1. The van der Waals surface area contributed by atoms with Crippen molar-refractivity contribution in [1.29, 1.82) is 0 Å². The van der Waals surface area contributed by atoms with E-state index in [-0.39, 0.29) is 29.5 Å². The van der Waals surface area contributed by atoms with Crippen molar-refractivity contribution in [2.75, 3.05) is 46.2 Å². The van der Waals surface area contributed by atoms with Gasteiger partial charge in [-0.25, -0.2) is 0 Å². The Kier molecular flexibility index (Phi) is 7.13. The molecule has 4 aliphatic rings. The van der Waals surface area contributed by atoms with Crippen LogP contribution in [0.3, 0.4) is 0 Å². The SMILES string of the molecule is CC1CCN(C(=O)c2cc(N(C)C)c3c(c2O)C(O)=C2C(=O)[C@]4(O)C(O)=C(C(N)=O)C(=O)[C@H](N(C)C)[C@@H]4C[C@@H]2C3)CC1. The molecular formula is C30H38N4O8. The van der Waals surface area contributed by atoms with Gasteiger partial charge in [0.15, 0.2) is 11.4 Å². The number of hydrogen-bond donors (Lipinski definition) is 5. The highest BCUT2D eigenvalue weighted by molar-refractivity contribution is 6.24. The second kappa shape index (κ2) is 10.1. The van der Waals surface area contributed by atoms with Crippen molar-refractivity contribution in [3.8, 4) is 5.75 Å². The zero-order valence-corrected chi connectivity index (χ0v) is 24.5. The molecule has 6 N–H and O–H groups in total. The molecule has 226 valence electrons. The predicted octanol–water partition coefficient (Wildman–Crippen LogP) is 0.902. The molecule has 1 aromatic carbocycles. The molecule has 0 aromatic heterocycles. The fourth-order valence-corrected chi connectivity index (χ4v) is 7.24. The Morgan fingerprint density at radius 3 is 2.24 bits per heavy atom. The summed E-state index contributed by atoms with van der Waals surface area (Å²) in [6, 6.07) is 0.435. The van der Waals surface area contributed by atoms with Crippen LogP contribution < -0.4 is 10.6 Å². The Bertz CT molecular complexity index is 1470. The third-order valence-electron chi connectivity index (χ3n) is 9.48. The van der Waals surface area contributed by atoms with Crippen molar-refractivity contribution in [3.63, 3.8) is 0 Å². The zero-order valence-electron chi connectivity index (χ0n) is 24.5. The third-order valence-corrected chi connectivity index (χ3v) is 9.48. The van der Waals surface area contributed by atoms with Gasteiger partial charge in [0.05, 0.1) is 17.2 Å². The van der Waals surface area contributed by atoms with Crippen LogP contribution in [0.2, 0.25) is 0 Å². The first-order chi connectivity index (χ1) is 19.6. The number of nitrogens with zero attached hydrogens (tertiary/aromatic N) is 3. The van der Waals surface area contributed by atoms with Gasteiger partial charge < -0.3 is 36.0 Å². The lowest BCUT2D eigenvalue weighted by atomic mass is 9.57. The average molecular weight is 583 g/mol. The van der Waals surface area contributed by atoms with E-state index in [1.54, 1.807) is 44.1 Å². The number of anilines is 1. The van der Waals surface area contributed by atoms with Crippen LogP contribution in [0, 0.1) is 17.8 Å². The summed E-state index contributed by atoms with van der Waals surface area (Å²) in [4.78, 5) is 58.0. The molecular weight excluding hydrogens is 544 g/mol. The highest BCUT2D eigenvalue weighted by Gasteiger charge is 2.64. The normalized spacial score (nSPS) is 28.1. The highest BCUT2D eigenvalue weighted by atomic mass is 16.3. The fraction of sp³-hybridized carbons (Fsp3) is 0.533. The van der Waals surface area contributed by atoms with Gasteiger partial charge in [-0.05, 0) is 63.2 Å². The monoisotopic (exact) mass is 582 g/mol. The van der Waals surface area contributed by atoms with Gasteiger partial charge in [-0.2, -0.15) is 0 Å². The topological polar surface area (TPSA) is 185 Å². The Hall–Kier alpha value is -3.90. The molecule has 3 aliphatic carbocycles. The van der Waals surface area contributed by atoms with Crippen LogP contribution in [0.4, 0.5) is 5.69 Å². The Labute approximate surface area is 243 Å². The molecule has 0 unspecified atom stereocenters. The van der Waals surface area contributed by atoms with Crippen molar-refractivity contribution in [2.45, 2.75) is 44.2 Å². The van der Waals surface area contributed by atoms with Crippen molar-refractivity contribution in [3.05, 3.63) is 39.7 Å². The molecule has 12 heteroatoms. The third kappa shape index (κ3) is 4.10. The number of hydrogen-bond acceptors (Lipinski definition) is 10. The summed E-state index contributed by atoms with van der Waals surface area (Å²) < 4.78 is 0. The van der Waals surface area contributed by atoms with Crippen molar-refractivity contribution in [1.82, 2.24) is 9.80 Å². The number of piperidine rings is 1. The number of likely N-dealkylation sites (N-methyl/N-ethyl adjacent to an activating group) is 1. The first-order valence-corrected chi connectivity index (χ1v) is 14.1. The Balaban J connectivity index is 1.70. The van der Waals surface area contributed by atoms with Gasteiger partial charge in [0.1, 0.15) is 22.8 Å². The summed E-state index contributed by atoms with van der Waals surface area (Å²) in [7, 11) is 6.63. The predicted molar refractivity (Wildman–Crippen MR) is 153 cm³/mol. The number of phenolic OH excluding ortho intramolecular Hbond substituents is 1.